The first-order valence-electron chi connectivity index (χ1n) is 4.85. The Morgan fingerprint density at radius 2 is 2.07 bits per heavy atom. The van der Waals surface area contributed by atoms with Gasteiger partial charge in [-0.05, 0) is 6.07 Å². The maximum atomic E-state index is 11.3. The Labute approximate surface area is 90.7 Å². The molecule has 1 aromatic rings. The van der Waals surface area contributed by atoms with Crippen molar-refractivity contribution in [3.05, 3.63) is 36.6 Å². The van der Waals surface area contributed by atoms with Crippen LogP contribution in [0.2, 0.25) is 0 Å². The zero-order chi connectivity index (χ0) is 11.7. The predicted molar refractivity (Wildman–Crippen MR) is 60.5 cm³/mol. The molecule has 0 spiro atoms. The maximum Gasteiger partial charge on any atom is 0.205 e. The lowest BCUT2D eigenvalue weighted by Gasteiger charge is -2.01. The average Bonchev–Trinajstić information content (AvgIpc) is 2.30. The van der Waals surface area contributed by atoms with Crippen molar-refractivity contribution >= 4 is 5.78 Å². The molecule has 0 aromatic carbocycles. The van der Waals surface area contributed by atoms with Crippen molar-refractivity contribution in [2.45, 2.75) is 13.8 Å². The average molecular weight is 207 g/mol. The minimum Gasteiger partial charge on any atom is -0.383 e. The number of ketones is 1. The van der Waals surface area contributed by atoms with Crippen LogP contribution in [-0.2, 0) is 0 Å². The van der Waals surface area contributed by atoms with Gasteiger partial charge in [-0.2, -0.15) is 0 Å². The van der Waals surface area contributed by atoms with Gasteiger partial charge in [0.2, 0.25) is 5.78 Å². The van der Waals surface area contributed by atoms with Crippen LogP contribution in [0, 0.1) is 0 Å². The molecule has 4 heteroatoms. The summed E-state index contributed by atoms with van der Waals surface area (Å²) in [6.07, 6.45) is 6.06. The number of nitrogens with zero attached hydrogens (tertiary/aromatic N) is 3. The second-order valence-electron chi connectivity index (χ2n) is 2.74. The first kappa shape index (κ1) is 13.3. The van der Waals surface area contributed by atoms with E-state index in [-0.39, 0.29) is 5.78 Å². The van der Waals surface area contributed by atoms with E-state index in [9.17, 15) is 4.79 Å². The molecule has 1 rings (SSSR count). The molecule has 15 heavy (non-hydrogen) atoms. The summed E-state index contributed by atoms with van der Waals surface area (Å²) in [4.78, 5) is 20.7. The van der Waals surface area contributed by atoms with Gasteiger partial charge in [0.15, 0.2) is 0 Å². The first-order chi connectivity index (χ1) is 7.20. The van der Waals surface area contributed by atoms with E-state index < -0.39 is 0 Å². The third-order valence-corrected chi connectivity index (χ3v) is 1.36. The third-order valence-electron chi connectivity index (χ3n) is 1.36. The number of carbonyl (C=O) groups is 1. The lowest BCUT2D eigenvalue weighted by molar-refractivity contribution is 0.104. The maximum absolute atomic E-state index is 11.3. The summed E-state index contributed by atoms with van der Waals surface area (Å²) in [5.74, 6) is -0.115. The Balaban J connectivity index is 0.000000921. The Bertz CT molecular complexity index is 307. The highest BCUT2D eigenvalue weighted by Crippen LogP contribution is 1.94. The molecule has 0 radical (unpaired) electrons. The van der Waals surface area contributed by atoms with E-state index in [1.807, 2.05) is 27.9 Å². The highest BCUT2D eigenvalue weighted by Gasteiger charge is 2.00. The quantitative estimate of drug-likeness (QED) is 0.559. The molecule has 0 saturated carbocycles. The fourth-order valence-corrected chi connectivity index (χ4v) is 0.739. The number of carbonyl (C=O) groups excluding carboxylic acids is 1. The second kappa shape index (κ2) is 7.67. The number of hydrogen-bond donors (Lipinski definition) is 0. The van der Waals surface area contributed by atoms with Crippen molar-refractivity contribution in [2.75, 3.05) is 14.1 Å². The van der Waals surface area contributed by atoms with Gasteiger partial charge in [-0.1, -0.05) is 13.8 Å². The van der Waals surface area contributed by atoms with Crippen LogP contribution in [0.3, 0.4) is 0 Å². The summed E-state index contributed by atoms with van der Waals surface area (Å²) in [5.41, 5.74) is 0.410. The van der Waals surface area contributed by atoms with Gasteiger partial charge in [0.05, 0.1) is 0 Å². The van der Waals surface area contributed by atoms with Gasteiger partial charge in [-0.15, -0.1) is 0 Å². The van der Waals surface area contributed by atoms with Gasteiger partial charge < -0.3 is 4.90 Å². The van der Waals surface area contributed by atoms with Crippen LogP contribution < -0.4 is 0 Å². The number of aromatic nitrogens is 2. The lowest BCUT2D eigenvalue weighted by Crippen LogP contribution is -2.04. The molecule has 0 aliphatic heterocycles. The van der Waals surface area contributed by atoms with Crippen LogP contribution in [0.4, 0.5) is 0 Å². The highest BCUT2D eigenvalue weighted by atomic mass is 16.1. The van der Waals surface area contributed by atoms with Crippen LogP contribution >= 0.6 is 0 Å². The van der Waals surface area contributed by atoms with Gasteiger partial charge >= 0.3 is 0 Å². The van der Waals surface area contributed by atoms with E-state index in [0.717, 1.165) is 0 Å². The summed E-state index contributed by atoms with van der Waals surface area (Å²) in [6.45, 7) is 4.00. The number of allylic oxidation sites excluding steroid dienone is 1. The SMILES string of the molecule is CC.CN(C)/C=C/C(=O)c1ccncn1. The minimum absolute atomic E-state index is 0.115. The Morgan fingerprint density at radius 3 is 2.53 bits per heavy atom. The molecular weight excluding hydrogens is 190 g/mol. The highest BCUT2D eigenvalue weighted by molar-refractivity contribution is 6.02. The molecule has 0 aliphatic rings. The van der Waals surface area contributed by atoms with E-state index in [0.29, 0.717) is 5.69 Å². The largest absolute Gasteiger partial charge is 0.383 e. The molecular formula is C11H17N3O. The molecule has 0 saturated heterocycles. The molecule has 0 fully saturated rings. The van der Waals surface area contributed by atoms with Crippen LogP contribution in [0.25, 0.3) is 0 Å². The molecule has 1 heterocycles. The number of hydrogen-bond acceptors (Lipinski definition) is 4. The fraction of sp³-hybridized carbons (Fsp3) is 0.364. The van der Waals surface area contributed by atoms with E-state index in [1.54, 1.807) is 23.4 Å². The standard InChI is InChI=1S/C9H11N3O.C2H6/c1-12(2)6-4-9(13)8-3-5-10-7-11-8;1-2/h3-7H,1-2H3;1-2H3/b6-4+;. The van der Waals surface area contributed by atoms with Crippen molar-refractivity contribution in [3.63, 3.8) is 0 Å². The summed E-state index contributed by atoms with van der Waals surface area (Å²) in [7, 11) is 3.70. The van der Waals surface area contributed by atoms with Crippen LogP contribution in [-0.4, -0.2) is 34.7 Å². The fourth-order valence-electron chi connectivity index (χ4n) is 0.739. The lowest BCUT2D eigenvalue weighted by atomic mass is 10.3. The molecule has 0 aliphatic carbocycles. The molecule has 1 aromatic heterocycles. The summed E-state index contributed by atoms with van der Waals surface area (Å²) in [5, 5.41) is 0. The summed E-state index contributed by atoms with van der Waals surface area (Å²) >= 11 is 0. The normalized spacial score (nSPS) is 9.33. The summed E-state index contributed by atoms with van der Waals surface area (Å²) < 4.78 is 0. The zero-order valence-electron chi connectivity index (χ0n) is 9.64. The predicted octanol–water partition coefficient (Wildman–Crippen LogP) is 1.76. The molecule has 0 unspecified atom stereocenters. The van der Waals surface area contributed by atoms with Gasteiger partial charge in [0.1, 0.15) is 12.0 Å². The molecule has 0 N–H and O–H groups in total. The summed E-state index contributed by atoms with van der Waals surface area (Å²) in [6, 6.07) is 1.59. The smallest absolute Gasteiger partial charge is 0.205 e. The van der Waals surface area contributed by atoms with Crippen molar-refractivity contribution in [1.29, 1.82) is 0 Å². The topological polar surface area (TPSA) is 46.1 Å². The van der Waals surface area contributed by atoms with Crippen LogP contribution in [0.1, 0.15) is 24.3 Å². The van der Waals surface area contributed by atoms with Gasteiger partial charge in [0, 0.05) is 32.6 Å². The Kier molecular flexibility index (Phi) is 6.80. The van der Waals surface area contributed by atoms with E-state index in [1.165, 1.54) is 12.4 Å². The van der Waals surface area contributed by atoms with E-state index in [2.05, 4.69) is 9.97 Å². The Morgan fingerprint density at radius 1 is 1.40 bits per heavy atom. The van der Waals surface area contributed by atoms with Gasteiger partial charge in [-0.25, -0.2) is 9.97 Å². The molecule has 82 valence electrons. The number of rotatable bonds is 3. The second-order valence-corrected chi connectivity index (χ2v) is 2.74. The molecule has 4 nitrogen and oxygen atoms in total. The van der Waals surface area contributed by atoms with Gasteiger partial charge in [0.25, 0.3) is 0 Å². The van der Waals surface area contributed by atoms with Crippen molar-refractivity contribution in [1.82, 2.24) is 14.9 Å². The van der Waals surface area contributed by atoms with E-state index >= 15 is 0 Å². The first-order valence-corrected chi connectivity index (χ1v) is 4.85. The third kappa shape index (κ3) is 5.57. The molecule has 0 bridgehead atoms. The van der Waals surface area contributed by atoms with Crippen molar-refractivity contribution in [2.24, 2.45) is 0 Å². The zero-order valence-corrected chi connectivity index (χ0v) is 9.64. The molecule has 0 amide bonds. The van der Waals surface area contributed by atoms with E-state index in [4.69, 9.17) is 0 Å². The molecule has 0 atom stereocenters. The van der Waals surface area contributed by atoms with Crippen molar-refractivity contribution in [3.8, 4) is 0 Å². The van der Waals surface area contributed by atoms with Crippen molar-refractivity contribution < 1.29 is 4.79 Å². The monoisotopic (exact) mass is 207 g/mol. The van der Waals surface area contributed by atoms with Crippen LogP contribution in [0.5, 0.6) is 0 Å². The Hall–Kier alpha value is -1.71. The van der Waals surface area contributed by atoms with Crippen LogP contribution in [0.15, 0.2) is 30.9 Å². The minimum atomic E-state index is -0.115. The van der Waals surface area contributed by atoms with Gasteiger partial charge in [-0.3, -0.25) is 4.79 Å².